The van der Waals surface area contributed by atoms with Crippen LogP contribution in [0.5, 0.6) is 0 Å². The highest BCUT2D eigenvalue weighted by Gasteiger charge is 2.31. The molecule has 0 heterocycles. The van der Waals surface area contributed by atoms with Gasteiger partial charge in [-0.25, -0.2) is 0 Å². The number of methoxy groups -OCH3 is 1. The van der Waals surface area contributed by atoms with E-state index in [0.717, 1.165) is 34.9 Å². The van der Waals surface area contributed by atoms with Crippen molar-refractivity contribution in [3.05, 3.63) is 131 Å². The monoisotopic (exact) mass is 768 g/mol. The third kappa shape index (κ3) is 7.82. The smallest absolute Gasteiger partial charge is 0.166 e. The molecule has 3 atom stereocenters. The van der Waals surface area contributed by atoms with Gasteiger partial charge in [0.15, 0.2) is 5.78 Å². The van der Waals surface area contributed by atoms with Crippen molar-refractivity contribution < 1.29 is 9.53 Å². The fraction of sp³-hybridized carbons (Fsp3) is 0.386. The number of halogens is 2. The summed E-state index contributed by atoms with van der Waals surface area (Å²) in [5.74, 6) is 1.04. The SMILES string of the molecule is CC1=Cc2cc(C)cc(-c3ccc(C(C)(C)C)cc3)c2C1.COC1c2cc(C)cc(Br)c2CC1C.Cc1cc(Br)c2c(c1)C(=O)C(C)C2. The molecule has 0 aromatic heterocycles. The van der Waals surface area contributed by atoms with Crippen LogP contribution in [-0.2, 0) is 29.4 Å². The van der Waals surface area contributed by atoms with Crippen LogP contribution in [0.25, 0.3) is 17.2 Å². The molecule has 4 heteroatoms. The summed E-state index contributed by atoms with van der Waals surface area (Å²) in [6.45, 7) is 19.6. The molecule has 0 saturated carbocycles. The minimum atomic E-state index is 0.160. The van der Waals surface area contributed by atoms with E-state index in [1.54, 1.807) is 7.11 Å². The van der Waals surface area contributed by atoms with Crippen molar-refractivity contribution >= 4 is 43.7 Å². The van der Waals surface area contributed by atoms with Gasteiger partial charge >= 0.3 is 0 Å². The summed E-state index contributed by atoms with van der Waals surface area (Å²) in [4.78, 5) is 11.7. The molecule has 2 nitrogen and oxygen atoms in total. The average Bonchev–Trinajstić information content (AvgIpc) is 3.64. The van der Waals surface area contributed by atoms with Crippen molar-refractivity contribution in [2.45, 2.75) is 93.1 Å². The van der Waals surface area contributed by atoms with Crippen molar-refractivity contribution in [1.82, 2.24) is 0 Å². The molecule has 48 heavy (non-hydrogen) atoms. The van der Waals surface area contributed by atoms with E-state index in [1.807, 2.05) is 19.9 Å². The first kappa shape index (κ1) is 36.5. The van der Waals surface area contributed by atoms with Crippen molar-refractivity contribution in [2.75, 3.05) is 7.11 Å². The Balaban J connectivity index is 0.000000147. The van der Waals surface area contributed by atoms with Gasteiger partial charge in [-0.1, -0.05) is 121 Å². The number of carbonyl (C=O) groups is 1. The van der Waals surface area contributed by atoms with E-state index >= 15 is 0 Å². The predicted molar refractivity (Wildman–Crippen MR) is 210 cm³/mol. The van der Waals surface area contributed by atoms with Crippen LogP contribution in [0.3, 0.4) is 0 Å². The van der Waals surface area contributed by atoms with Gasteiger partial charge in [0.1, 0.15) is 0 Å². The lowest BCUT2D eigenvalue weighted by Gasteiger charge is -2.19. The molecule has 7 rings (SSSR count). The van der Waals surface area contributed by atoms with E-state index in [9.17, 15) is 4.79 Å². The summed E-state index contributed by atoms with van der Waals surface area (Å²) in [6.07, 6.45) is 5.70. The Hall–Kier alpha value is -2.79. The average molecular weight is 771 g/mol. The summed E-state index contributed by atoms with van der Waals surface area (Å²) in [5, 5.41) is 0. The highest BCUT2D eigenvalue weighted by atomic mass is 79.9. The maximum atomic E-state index is 11.7. The Labute approximate surface area is 305 Å². The fourth-order valence-corrected chi connectivity index (χ4v) is 8.89. The normalized spacial score (nSPS) is 19.0. The summed E-state index contributed by atoms with van der Waals surface area (Å²) in [6, 6.07) is 22.2. The van der Waals surface area contributed by atoms with E-state index in [1.165, 1.54) is 65.7 Å². The minimum Gasteiger partial charge on any atom is -0.376 e. The fourth-order valence-electron chi connectivity index (χ4n) is 7.40. The first-order chi connectivity index (χ1) is 22.6. The molecule has 0 radical (unpaired) electrons. The number of rotatable bonds is 2. The van der Waals surface area contributed by atoms with Gasteiger partial charge in [0, 0.05) is 27.5 Å². The molecule has 0 aliphatic heterocycles. The summed E-state index contributed by atoms with van der Waals surface area (Å²) in [5.41, 5.74) is 17.4. The molecule has 3 aliphatic rings. The minimum absolute atomic E-state index is 0.160. The van der Waals surface area contributed by atoms with Gasteiger partial charge in [-0.15, -0.1) is 0 Å². The summed E-state index contributed by atoms with van der Waals surface area (Å²) >= 11 is 7.13. The lowest BCUT2D eigenvalue weighted by molar-refractivity contribution is 0.0695. The van der Waals surface area contributed by atoms with Gasteiger partial charge in [-0.2, -0.15) is 0 Å². The number of hydrogen-bond donors (Lipinski definition) is 0. The van der Waals surface area contributed by atoms with Crippen molar-refractivity contribution in [1.29, 1.82) is 0 Å². The van der Waals surface area contributed by atoms with E-state index in [2.05, 4.69) is 141 Å². The van der Waals surface area contributed by atoms with Crippen LogP contribution in [-0.4, -0.2) is 12.9 Å². The molecule has 4 aromatic carbocycles. The van der Waals surface area contributed by atoms with Gasteiger partial charge < -0.3 is 4.74 Å². The van der Waals surface area contributed by atoms with Gasteiger partial charge in [0.05, 0.1) is 6.10 Å². The van der Waals surface area contributed by atoms with E-state index in [4.69, 9.17) is 4.74 Å². The van der Waals surface area contributed by atoms with Crippen molar-refractivity contribution in [3.8, 4) is 11.1 Å². The molecule has 3 unspecified atom stereocenters. The van der Waals surface area contributed by atoms with Crippen LogP contribution >= 0.6 is 31.9 Å². The Morgan fingerprint density at radius 1 is 0.729 bits per heavy atom. The Morgan fingerprint density at radius 3 is 1.94 bits per heavy atom. The van der Waals surface area contributed by atoms with Crippen molar-refractivity contribution in [2.24, 2.45) is 11.8 Å². The number of fused-ring (bicyclic) bond motifs is 3. The van der Waals surface area contributed by atoms with Crippen LogP contribution in [0.4, 0.5) is 0 Å². The molecule has 0 saturated heterocycles. The van der Waals surface area contributed by atoms with Crippen LogP contribution in [0, 0.1) is 32.6 Å². The molecular weight excluding hydrogens is 720 g/mol. The highest BCUT2D eigenvalue weighted by Crippen LogP contribution is 2.42. The van der Waals surface area contributed by atoms with Gasteiger partial charge in [0.25, 0.3) is 0 Å². The number of ketones is 1. The first-order valence-corrected chi connectivity index (χ1v) is 18.7. The molecule has 0 N–H and O–H groups in total. The quantitative estimate of drug-likeness (QED) is 0.203. The number of benzene rings is 4. The molecule has 0 spiro atoms. The molecule has 0 amide bonds. The molecule has 252 valence electrons. The van der Waals surface area contributed by atoms with Crippen LogP contribution in [0.15, 0.2) is 75.2 Å². The second-order valence-electron chi connectivity index (χ2n) is 15.3. The van der Waals surface area contributed by atoms with Gasteiger partial charge in [-0.3, -0.25) is 4.79 Å². The zero-order valence-corrected chi connectivity index (χ0v) is 33.4. The third-order valence-electron chi connectivity index (χ3n) is 9.89. The molecule has 0 bridgehead atoms. The molecule has 0 fully saturated rings. The molecule has 3 aliphatic carbocycles. The standard InChI is InChI=1S/C21H24.C12H15BrO.C11H11BrO/c1-14-10-17-11-15(2)13-20(17)19(12-14)16-6-8-18(9-7-16)21(3,4)5;1-7-4-10-9(11(13)5-7)6-8(2)12(10)14-3;1-6-3-9-8(10(12)4-6)5-7(2)11(9)13/h6-12H,13H2,1-5H3;4-5,8,12H,6H2,1-3H3;3-4,7H,5H2,1-2H3. The van der Waals surface area contributed by atoms with Gasteiger partial charge in [-0.05, 0) is 138 Å². The second-order valence-corrected chi connectivity index (χ2v) is 17.0. The highest BCUT2D eigenvalue weighted by molar-refractivity contribution is 9.10. The maximum Gasteiger partial charge on any atom is 0.166 e. The van der Waals surface area contributed by atoms with E-state index in [-0.39, 0.29) is 17.4 Å². The number of carbonyl (C=O) groups excluding carboxylic acids is 1. The number of hydrogen-bond acceptors (Lipinski definition) is 2. The maximum absolute atomic E-state index is 11.7. The van der Waals surface area contributed by atoms with Crippen molar-refractivity contribution in [3.63, 3.8) is 0 Å². The molecule has 4 aromatic rings. The number of aryl methyl sites for hydroxylation is 3. The second kappa shape index (κ2) is 14.6. The Kier molecular flexibility index (Phi) is 11.1. The molecular formula is C44H50Br2O2. The summed E-state index contributed by atoms with van der Waals surface area (Å²) in [7, 11) is 1.80. The van der Waals surface area contributed by atoms with E-state index in [0.29, 0.717) is 11.7 Å². The number of Topliss-reactive ketones (excluding diaryl/α,β-unsaturated/α-hetero) is 1. The zero-order valence-electron chi connectivity index (χ0n) is 30.3. The Bertz CT molecular complexity index is 1870. The van der Waals surface area contributed by atoms with Crippen LogP contribution < -0.4 is 0 Å². The topological polar surface area (TPSA) is 26.3 Å². The predicted octanol–water partition coefficient (Wildman–Crippen LogP) is 12.7. The largest absolute Gasteiger partial charge is 0.376 e. The first-order valence-electron chi connectivity index (χ1n) is 17.1. The number of ether oxygens (including phenoxy) is 1. The van der Waals surface area contributed by atoms with Crippen LogP contribution in [0.1, 0.15) is 108 Å². The lowest BCUT2D eigenvalue weighted by atomic mass is 9.85. The van der Waals surface area contributed by atoms with Gasteiger partial charge in [0.2, 0.25) is 0 Å². The number of allylic oxidation sites excluding steroid dienone is 1. The Morgan fingerprint density at radius 2 is 1.31 bits per heavy atom. The van der Waals surface area contributed by atoms with Crippen LogP contribution in [0.2, 0.25) is 0 Å². The van der Waals surface area contributed by atoms with E-state index < -0.39 is 0 Å². The summed E-state index contributed by atoms with van der Waals surface area (Å²) < 4.78 is 7.86. The zero-order chi connectivity index (χ0) is 35.1. The third-order valence-corrected chi connectivity index (χ3v) is 11.3. The lowest BCUT2D eigenvalue weighted by Crippen LogP contribution is -2.10.